The normalized spacial score (nSPS) is 16.2. The van der Waals surface area contributed by atoms with Crippen molar-refractivity contribution < 1.29 is 9.26 Å². The van der Waals surface area contributed by atoms with Crippen LogP contribution < -0.4 is 5.32 Å². The Morgan fingerprint density at radius 3 is 2.76 bits per heavy atom. The third-order valence-electron chi connectivity index (χ3n) is 4.40. The number of nitrogens with one attached hydrogen (secondary N) is 1. The number of hydrogen-bond donors (Lipinski definition) is 1. The number of piperidine rings is 1. The number of benzene rings is 1. The Hall–Kier alpha value is -2.34. The van der Waals surface area contributed by atoms with E-state index in [9.17, 15) is 0 Å². The first-order valence-corrected chi connectivity index (χ1v) is 8.88. The Labute approximate surface area is 148 Å². The molecule has 6 heteroatoms. The molecule has 1 N–H and O–H groups in total. The van der Waals surface area contributed by atoms with Crippen LogP contribution in [-0.4, -0.2) is 48.9 Å². The van der Waals surface area contributed by atoms with E-state index in [1.165, 1.54) is 0 Å². The van der Waals surface area contributed by atoms with Crippen LogP contribution in [0, 0.1) is 0 Å². The van der Waals surface area contributed by atoms with Crippen LogP contribution in [0.1, 0.15) is 25.5 Å². The fourth-order valence-corrected chi connectivity index (χ4v) is 3.11. The molecule has 25 heavy (non-hydrogen) atoms. The molecule has 1 aromatic heterocycles. The van der Waals surface area contributed by atoms with Gasteiger partial charge in [0.2, 0.25) is 0 Å². The number of rotatable bonds is 5. The second-order valence-corrected chi connectivity index (χ2v) is 6.09. The van der Waals surface area contributed by atoms with Gasteiger partial charge in [-0.2, -0.15) is 0 Å². The van der Waals surface area contributed by atoms with Gasteiger partial charge in [-0.1, -0.05) is 35.5 Å². The lowest BCUT2D eigenvalue weighted by atomic mass is 10.1. The maximum atomic E-state index is 5.71. The van der Waals surface area contributed by atoms with Crippen molar-refractivity contribution in [3.05, 3.63) is 42.1 Å². The molecular formula is C19H26N4O2. The highest BCUT2D eigenvalue weighted by atomic mass is 16.5. The zero-order chi connectivity index (χ0) is 17.5. The molecule has 2 aromatic rings. The van der Waals surface area contributed by atoms with Gasteiger partial charge in [-0.25, -0.2) is 0 Å². The molecule has 0 aliphatic carbocycles. The van der Waals surface area contributed by atoms with Gasteiger partial charge < -0.3 is 19.5 Å². The lowest BCUT2D eigenvalue weighted by molar-refractivity contribution is 0.0263. The summed E-state index contributed by atoms with van der Waals surface area (Å²) in [5.41, 5.74) is 1.90. The van der Waals surface area contributed by atoms with Crippen molar-refractivity contribution >= 4 is 5.96 Å². The van der Waals surface area contributed by atoms with Crippen molar-refractivity contribution in [2.45, 2.75) is 32.4 Å². The molecule has 0 amide bonds. The van der Waals surface area contributed by atoms with Crippen LogP contribution in [-0.2, 0) is 11.3 Å². The number of aliphatic imine (C=N–C) groups is 1. The Morgan fingerprint density at radius 2 is 2.08 bits per heavy atom. The number of guanidine groups is 1. The SMILES string of the molecule is CCOC1CCN(C(=NC)NCc2cc(-c3ccccc3)on2)CC1. The maximum Gasteiger partial charge on any atom is 0.193 e. The van der Waals surface area contributed by atoms with Crippen LogP contribution in [0.2, 0.25) is 0 Å². The summed E-state index contributed by atoms with van der Waals surface area (Å²) in [5, 5.41) is 7.53. The van der Waals surface area contributed by atoms with Crippen molar-refractivity contribution in [2.75, 3.05) is 26.7 Å². The highest BCUT2D eigenvalue weighted by Crippen LogP contribution is 2.19. The predicted octanol–water partition coefficient (Wildman–Crippen LogP) is 2.92. The third kappa shape index (κ3) is 4.60. The standard InChI is InChI=1S/C19H26N4O2/c1-3-24-17-9-11-23(12-10-17)19(20-2)21-14-16-13-18(25-22-16)15-7-5-4-6-8-15/h4-8,13,17H,3,9-12,14H2,1-2H3,(H,20,21). The lowest BCUT2D eigenvalue weighted by Crippen LogP contribution is -2.46. The second-order valence-electron chi connectivity index (χ2n) is 6.09. The molecule has 1 fully saturated rings. The molecular weight excluding hydrogens is 316 g/mol. The minimum atomic E-state index is 0.378. The van der Waals surface area contributed by atoms with Gasteiger partial charge >= 0.3 is 0 Å². The molecule has 0 saturated carbocycles. The van der Waals surface area contributed by atoms with Crippen molar-refractivity contribution in [1.82, 2.24) is 15.4 Å². The van der Waals surface area contributed by atoms with Crippen LogP contribution in [0.15, 0.2) is 45.9 Å². The van der Waals surface area contributed by atoms with Crippen LogP contribution >= 0.6 is 0 Å². The van der Waals surface area contributed by atoms with E-state index in [1.54, 1.807) is 0 Å². The van der Waals surface area contributed by atoms with E-state index >= 15 is 0 Å². The summed E-state index contributed by atoms with van der Waals surface area (Å²) in [5.74, 6) is 1.68. The highest BCUT2D eigenvalue weighted by Gasteiger charge is 2.21. The van der Waals surface area contributed by atoms with E-state index in [-0.39, 0.29) is 0 Å². The molecule has 0 spiro atoms. The number of ether oxygens (including phenoxy) is 1. The van der Waals surface area contributed by atoms with Gasteiger partial charge in [-0.3, -0.25) is 4.99 Å². The highest BCUT2D eigenvalue weighted by molar-refractivity contribution is 5.80. The zero-order valence-electron chi connectivity index (χ0n) is 14.9. The van der Waals surface area contributed by atoms with E-state index in [4.69, 9.17) is 9.26 Å². The van der Waals surface area contributed by atoms with Crippen LogP contribution in [0.5, 0.6) is 0 Å². The van der Waals surface area contributed by atoms with Gasteiger partial charge in [0.05, 0.1) is 12.6 Å². The van der Waals surface area contributed by atoms with E-state index in [0.717, 1.165) is 55.5 Å². The van der Waals surface area contributed by atoms with Gasteiger partial charge in [0.15, 0.2) is 11.7 Å². The summed E-state index contributed by atoms with van der Waals surface area (Å²) in [6, 6.07) is 12.0. The predicted molar refractivity (Wildman–Crippen MR) is 98.4 cm³/mol. The molecule has 134 valence electrons. The fraction of sp³-hybridized carbons (Fsp3) is 0.474. The second kappa shape index (κ2) is 8.67. The largest absolute Gasteiger partial charge is 0.378 e. The summed E-state index contributed by atoms with van der Waals surface area (Å²) in [6.45, 7) is 5.34. The third-order valence-corrected chi connectivity index (χ3v) is 4.40. The quantitative estimate of drug-likeness (QED) is 0.669. The smallest absolute Gasteiger partial charge is 0.193 e. The molecule has 0 bridgehead atoms. The number of nitrogens with zero attached hydrogens (tertiary/aromatic N) is 3. The summed E-state index contributed by atoms with van der Waals surface area (Å²) in [4.78, 5) is 6.67. The molecule has 0 radical (unpaired) electrons. The maximum absolute atomic E-state index is 5.71. The molecule has 6 nitrogen and oxygen atoms in total. The van der Waals surface area contributed by atoms with E-state index in [2.05, 4.69) is 27.3 Å². The van der Waals surface area contributed by atoms with Crippen molar-refractivity contribution in [3.63, 3.8) is 0 Å². The minimum absolute atomic E-state index is 0.378. The Balaban J connectivity index is 1.53. The lowest BCUT2D eigenvalue weighted by Gasteiger charge is -2.33. The van der Waals surface area contributed by atoms with E-state index in [0.29, 0.717) is 12.6 Å². The molecule has 0 atom stereocenters. The van der Waals surface area contributed by atoms with Crippen LogP contribution in [0.3, 0.4) is 0 Å². The Bertz CT molecular complexity index is 676. The van der Waals surface area contributed by atoms with Gasteiger partial charge in [0, 0.05) is 38.4 Å². The average Bonchev–Trinajstić information content (AvgIpc) is 3.13. The first kappa shape index (κ1) is 17.5. The first-order valence-electron chi connectivity index (χ1n) is 8.88. The van der Waals surface area contributed by atoms with Gasteiger partial charge in [-0.15, -0.1) is 0 Å². The number of likely N-dealkylation sites (tertiary alicyclic amines) is 1. The van der Waals surface area contributed by atoms with Crippen molar-refractivity contribution in [1.29, 1.82) is 0 Å². The Kier molecular flexibility index (Phi) is 6.06. The summed E-state index contributed by atoms with van der Waals surface area (Å²) in [6.07, 6.45) is 2.45. The molecule has 2 heterocycles. The molecule has 3 rings (SSSR count). The van der Waals surface area contributed by atoms with Gasteiger partial charge in [0.25, 0.3) is 0 Å². The summed E-state index contributed by atoms with van der Waals surface area (Å²) in [7, 11) is 1.81. The molecule has 1 saturated heterocycles. The summed E-state index contributed by atoms with van der Waals surface area (Å²) < 4.78 is 11.2. The van der Waals surface area contributed by atoms with E-state index < -0.39 is 0 Å². The molecule has 1 aliphatic heterocycles. The van der Waals surface area contributed by atoms with Crippen molar-refractivity contribution in [3.8, 4) is 11.3 Å². The molecule has 1 aromatic carbocycles. The topological polar surface area (TPSA) is 62.9 Å². The summed E-state index contributed by atoms with van der Waals surface area (Å²) >= 11 is 0. The van der Waals surface area contributed by atoms with Gasteiger partial charge in [0.1, 0.15) is 5.69 Å². The van der Waals surface area contributed by atoms with Crippen molar-refractivity contribution in [2.24, 2.45) is 4.99 Å². The average molecular weight is 342 g/mol. The zero-order valence-corrected chi connectivity index (χ0v) is 14.9. The number of hydrogen-bond acceptors (Lipinski definition) is 4. The first-order chi connectivity index (χ1) is 12.3. The molecule has 1 aliphatic rings. The van der Waals surface area contributed by atoms with Crippen LogP contribution in [0.4, 0.5) is 0 Å². The van der Waals surface area contributed by atoms with Gasteiger partial charge in [-0.05, 0) is 19.8 Å². The Morgan fingerprint density at radius 1 is 1.32 bits per heavy atom. The van der Waals surface area contributed by atoms with E-state index in [1.807, 2.05) is 43.4 Å². The molecule has 0 unspecified atom stereocenters. The minimum Gasteiger partial charge on any atom is -0.378 e. The monoisotopic (exact) mass is 342 g/mol. The number of aromatic nitrogens is 1. The van der Waals surface area contributed by atoms with Crippen LogP contribution in [0.25, 0.3) is 11.3 Å². The fourth-order valence-electron chi connectivity index (χ4n) is 3.11.